The van der Waals surface area contributed by atoms with Gasteiger partial charge in [0.2, 0.25) is 5.79 Å². The van der Waals surface area contributed by atoms with Gasteiger partial charge in [-0.3, -0.25) is 4.79 Å². The molecule has 0 spiro atoms. The molecule has 1 aliphatic carbocycles. The van der Waals surface area contributed by atoms with Gasteiger partial charge < -0.3 is 25.3 Å². The number of benzene rings is 1. The summed E-state index contributed by atoms with van der Waals surface area (Å²) in [7, 11) is 0. The van der Waals surface area contributed by atoms with Gasteiger partial charge in [0, 0.05) is 19.4 Å². The summed E-state index contributed by atoms with van der Waals surface area (Å²) in [5.74, 6) is -0.781. The van der Waals surface area contributed by atoms with E-state index in [0.29, 0.717) is 36.3 Å². The third-order valence-electron chi connectivity index (χ3n) is 5.96. The minimum absolute atomic E-state index is 0.285. The summed E-state index contributed by atoms with van der Waals surface area (Å²) in [6.07, 6.45) is 3.30. The van der Waals surface area contributed by atoms with Crippen molar-refractivity contribution in [1.82, 2.24) is 0 Å². The van der Waals surface area contributed by atoms with Gasteiger partial charge in [0.15, 0.2) is 0 Å². The van der Waals surface area contributed by atoms with E-state index in [2.05, 4.69) is 26.1 Å². The Labute approximate surface area is 174 Å². The van der Waals surface area contributed by atoms with E-state index in [9.17, 15) is 4.79 Å². The van der Waals surface area contributed by atoms with Gasteiger partial charge in [0.05, 0.1) is 24.6 Å². The van der Waals surface area contributed by atoms with E-state index in [4.69, 9.17) is 19.9 Å². The molecule has 0 radical (unpaired) electrons. The van der Waals surface area contributed by atoms with Crippen LogP contribution in [-0.4, -0.2) is 31.0 Å². The molecule has 2 unspecified atom stereocenters. The number of hydrogen-bond acceptors (Lipinski definition) is 6. The molecule has 6 heteroatoms. The second-order valence-electron chi connectivity index (χ2n) is 9.54. The van der Waals surface area contributed by atoms with Crippen LogP contribution in [0.15, 0.2) is 18.2 Å². The van der Waals surface area contributed by atoms with Crippen molar-refractivity contribution in [3.05, 3.63) is 23.8 Å². The Bertz CT molecular complexity index is 736. The molecule has 4 atom stereocenters. The number of ether oxygens (including phenoxy) is 3. The van der Waals surface area contributed by atoms with Crippen molar-refractivity contribution in [1.29, 1.82) is 0 Å². The average molecular weight is 405 g/mol. The van der Waals surface area contributed by atoms with Crippen molar-refractivity contribution < 1.29 is 19.0 Å². The predicted octanol–water partition coefficient (Wildman–Crippen LogP) is 4.65. The highest BCUT2D eigenvalue weighted by Crippen LogP contribution is 2.41. The lowest BCUT2D eigenvalue weighted by Crippen LogP contribution is -2.46. The molecule has 6 nitrogen and oxygen atoms in total. The van der Waals surface area contributed by atoms with E-state index < -0.39 is 11.9 Å². The normalized spacial score (nSPS) is 31.8. The van der Waals surface area contributed by atoms with Crippen LogP contribution < -0.4 is 11.1 Å². The van der Waals surface area contributed by atoms with Gasteiger partial charge in [-0.1, -0.05) is 33.8 Å². The van der Waals surface area contributed by atoms with Gasteiger partial charge in [-0.25, -0.2) is 0 Å². The van der Waals surface area contributed by atoms with Crippen LogP contribution in [0, 0.1) is 11.3 Å². The molecule has 1 saturated heterocycles. The summed E-state index contributed by atoms with van der Waals surface area (Å²) in [5, 5.41) is 3.64. The zero-order valence-electron chi connectivity index (χ0n) is 18.4. The number of esters is 1. The Morgan fingerprint density at radius 1 is 1.28 bits per heavy atom. The molecule has 1 heterocycles. The van der Waals surface area contributed by atoms with E-state index in [1.54, 1.807) is 13.8 Å². The lowest BCUT2D eigenvalue weighted by atomic mass is 9.70. The van der Waals surface area contributed by atoms with Crippen LogP contribution in [0.3, 0.4) is 0 Å². The topological polar surface area (TPSA) is 82.8 Å². The smallest absolute Gasteiger partial charge is 0.308 e. The molecule has 1 aliphatic heterocycles. The molecule has 3 N–H and O–H groups in total. The molecule has 0 amide bonds. The van der Waals surface area contributed by atoms with Gasteiger partial charge in [-0.05, 0) is 48.3 Å². The maximum atomic E-state index is 11.9. The Morgan fingerprint density at radius 2 is 2.03 bits per heavy atom. The third kappa shape index (κ3) is 5.23. The number of nitrogens with one attached hydrogen (secondary N) is 1. The largest absolute Gasteiger partial charge is 0.430 e. The zero-order valence-corrected chi connectivity index (χ0v) is 18.4. The van der Waals surface area contributed by atoms with E-state index in [0.717, 1.165) is 24.1 Å². The van der Waals surface area contributed by atoms with E-state index in [1.165, 1.54) is 6.42 Å². The molecule has 0 aromatic heterocycles. The molecule has 2 fully saturated rings. The number of hydrogen-bond donors (Lipinski definition) is 2. The van der Waals surface area contributed by atoms with Crippen molar-refractivity contribution in [3.63, 3.8) is 0 Å². The van der Waals surface area contributed by atoms with E-state index in [1.807, 2.05) is 18.2 Å². The van der Waals surface area contributed by atoms with Crippen molar-refractivity contribution >= 4 is 17.3 Å². The summed E-state index contributed by atoms with van der Waals surface area (Å²) >= 11 is 0. The Balaban J connectivity index is 1.77. The van der Waals surface area contributed by atoms with Gasteiger partial charge in [0.1, 0.15) is 6.10 Å². The van der Waals surface area contributed by atoms with E-state index >= 15 is 0 Å². The number of carbonyl (C=O) groups excluding carboxylic acids is 1. The Hall–Kier alpha value is -1.79. The van der Waals surface area contributed by atoms with Crippen LogP contribution in [0.25, 0.3) is 0 Å². The number of anilines is 2. The number of nitrogen functional groups attached to an aromatic ring is 1. The third-order valence-corrected chi connectivity index (χ3v) is 5.96. The zero-order chi connectivity index (χ0) is 21.2. The first-order valence-electron chi connectivity index (χ1n) is 10.8. The van der Waals surface area contributed by atoms with Crippen LogP contribution >= 0.6 is 0 Å². The van der Waals surface area contributed by atoms with Crippen LogP contribution in [-0.2, 0) is 19.0 Å². The van der Waals surface area contributed by atoms with Gasteiger partial charge in [-0.2, -0.15) is 0 Å². The first-order chi connectivity index (χ1) is 13.6. The summed E-state index contributed by atoms with van der Waals surface area (Å²) in [6, 6.07) is 6.29. The highest BCUT2D eigenvalue weighted by atomic mass is 16.7. The maximum absolute atomic E-state index is 11.9. The standard InChI is InChI=1S/C23H36N2O4/c1-6-20(26)29-23(5)21(27-9-10-28-23)16-7-8-19(18(24)12-16)25-17-11-15(2)13-22(3,4)14-17/h7-8,12,15,17,21,25H,6,9-11,13-14,24H2,1-5H3/t15-,17+,21?,23?/m0/s1. The van der Waals surface area contributed by atoms with Crippen molar-refractivity contribution in [3.8, 4) is 0 Å². The molecule has 3 rings (SSSR count). The predicted molar refractivity (Wildman–Crippen MR) is 114 cm³/mol. The lowest BCUT2D eigenvalue weighted by molar-refractivity contribution is -0.305. The van der Waals surface area contributed by atoms with Crippen molar-refractivity contribution in [2.45, 2.75) is 78.2 Å². The molecule has 1 saturated carbocycles. The Kier molecular flexibility index (Phi) is 6.44. The van der Waals surface area contributed by atoms with E-state index in [-0.39, 0.29) is 12.4 Å². The van der Waals surface area contributed by atoms with Gasteiger partial charge in [-0.15, -0.1) is 0 Å². The van der Waals surface area contributed by atoms with Crippen molar-refractivity contribution in [2.24, 2.45) is 11.3 Å². The summed E-state index contributed by atoms with van der Waals surface area (Å²) in [5.41, 5.74) is 9.18. The monoisotopic (exact) mass is 404 g/mol. The summed E-state index contributed by atoms with van der Waals surface area (Å²) in [6.45, 7) is 11.3. The fraction of sp³-hybridized carbons (Fsp3) is 0.696. The van der Waals surface area contributed by atoms with Crippen molar-refractivity contribution in [2.75, 3.05) is 24.3 Å². The van der Waals surface area contributed by atoms with Crippen LogP contribution in [0.1, 0.15) is 72.0 Å². The second-order valence-corrected chi connectivity index (χ2v) is 9.54. The number of carbonyl (C=O) groups is 1. The first-order valence-corrected chi connectivity index (χ1v) is 10.8. The Morgan fingerprint density at radius 3 is 2.69 bits per heavy atom. The quantitative estimate of drug-likeness (QED) is 0.549. The molecule has 29 heavy (non-hydrogen) atoms. The van der Waals surface area contributed by atoms with Crippen LogP contribution in [0.4, 0.5) is 11.4 Å². The fourth-order valence-electron chi connectivity index (χ4n) is 4.97. The molecular weight excluding hydrogens is 368 g/mol. The highest BCUT2D eigenvalue weighted by Gasteiger charge is 2.44. The van der Waals surface area contributed by atoms with Crippen LogP contribution in [0.2, 0.25) is 0 Å². The fourth-order valence-corrected chi connectivity index (χ4v) is 4.97. The molecule has 2 aliphatic rings. The minimum atomic E-state index is -1.16. The summed E-state index contributed by atoms with van der Waals surface area (Å²) < 4.78 is 17.3. The van der Waals surface area contributed by atoms with Crippen LogP contribution in [0.5, 0.6) is 0 Å². The maximum Gasteiger partial charge on any atom is 0.308 e. The molecule has 1 aromatic rings. The van der Waals surface area contributed by atoms with Gasteiger partial charge in [0.25, 0.3) is 0 Å². The second kappa shape index (κ2) is 8.52. The summed E-state index contributed by atoms with van der Waals surface area (Å²) in [4.78, 5) is 11.9. The average Bonchev–Trinajstić information content (AvgIpc) is 2.62. The molecular formula is C23H36N2O4. The number of nitrogens with two attached hydrogens (primary N) is 1. The number of rotatable bonds is 5. The van der Waals surface area contributed by atoms with Gasteiger partial charge >= 0.3 is 5.97 Å². The molecule has 162 valence electrons. The first kappa shape index (κ1) is 21.9. The molecule has 1 aromatic carbocycles. The minimum Gasteiger partial charge on any atom is -0.430 e. The SMILES string of the molecule is CCC(=O)OC1(C)OCCOC1c1ccc(N[C@@H]2C[C@H](C)CC(C)(C)C2)c(N)c1. The highest BCUT2D eigenvalue weighted by molar-refractivity contribution is 5.70. The lowest BCUT2D eigenvalue weighted by Gasteiger charge is -2.41. The molecule has 0 bridgehead atoms.